The number of hydrogen-bond donors (Lipinski definition) is 1. The van der Waals surface area contributed by atoms with E-state index in [2.05, 4.69) is 5.32 Å². The molecule has 3 rings (SSSR count). The summed E-state index contributed by atoms with van der Waals surface area (Å²) in [5.74, 6) is -2.02. The number of rotatable bonds is 6. The summed E-state index contributed by atoms with van der Waals surface area (Å²) < 4.78 is 5.04. The Morgan fingerprint density at radius 1 is 1.03 bits per heavy atom. The average molecular weight is 414 g/mol. The van der Waals surface area contributed by atoms with Gasteiger partial charge in [-0.05, 0) is 25.5 Å². The van der Waals surface area contributed by atoms with Crippen molar-refractivity contribution in [2.24, 2.45) is 0 Å². The standard InChI is InChI=1S/C22H20ClNO5/c1-3-6-12(2)24-17(25)11-29-22(28)16-10-9-15-18(19(16)23)21(27)14-8-5-4-7-13(14)20(15)26/h4-5,7-10,12H,3,6,11H2,1-2H3,(H,24,25). The number of esters is 1. The summed E-state index contributed by atoms with van der Waals surface area (Å²) in [5.41, 5.74) is 0.587. The fourth-order valence-corrected chi connectivity index (χ4v) is 3.66. The molecule has 0 aromatic heterocycles. The van der Waals surface area contributed by atoms with Gasteiger partial charge in [0.05, 0.1) is 16.1 Å². The van der Waals surface area contributed by atoms with Crippen molar-refractivity contribution in [2.45, 2.75) is 32.7 Å². The van der Waals surface area contributed by atoms with Gasteiger partial charge in [-0.1, -0.05) is 49.2 Å². The van der Waals surface area contributed by atoms with E-state index in [0.29, 0.717) is 5.56 Å². The van der Waals surface area contributed by atoms with E-state index in [0.717, 1.165) is 12.8 Å². The molecule has 1 aliphatic carbocycles. The van der Waals surface area contributed by atoms with Crippen LogP contribution in [0.15, 0.2) is 36.4 Å². The van der Waals surface area contributed by atoms with Gasteiger partial charge in [0.1, 0.15) is 0 Å². The summed E-state index contributed by atoms with van der Waals surface area (Å²) in [5, 5.41) is 2.58. The lowest BCUT2D eigenvalue weighted by atomic mass is 9.83. The van der Waals surface area contributed by atoms with Crippen LogP contribution in [-0.2, 0) is 9.53 Å². The van der Waals surface area contributed by atoms with Gasteiger partial charge in [0.2, 0.25) is 0 Å². The predicted octanol–water partition coefficient (Wildman–Crippen LogP) is 3.58. The van der Waals surface area contributed by atoms with Crippen molar-refractivity contribution in [1.82, 2.24) is 5.32 Å². The van der Waals surface area contributed by atoms with Gasteiger partial charge < -0.3 is 10.1 Å². The molecule has 0 aliphatic heterocycles. The molecule has 7 heteroatoms. The smallest absolute Gasteiger partial charge is 0.340 e. The van der Waals surface area contributed by atoms with Gasteiger partial charge in [-0.15, -0.1) is 0 Å². The molecule has 150 valence electrons. The van der Waals surface area contributed by atoms with Crippen LogP contribution < -0.4 is 5.32 Å². The Hall–Kier alpha value is -2.99. The van der Waals surface area contributed by atoms with Crippen molar-refractivity contribution in [1.29, 1.82) is 0 Å². The summed E-state index contributed by atoms with van der Waals surface area (Å²) in [4.78, 5) is 49.8. The van der Waals surface area contributed by atoms with Crippen LogP contribution in [-0.4, -0.2) is 36.1 Å². The van der Waals surface area contributed by atoms with Crippen LogP contribution in [0.4, 0.5) is 0 Å². The number of carbonyl (C=O) groups is 4. The Morgan fingerprint density at radius 2 is 1.69 bits per heavy atom. The van der Waals surface area contributed by atoms with Crippen LogP contribution in [0.25, 0.3) is 0 Å². The van der Waals surface area contributed by atoms with Gasteiger partial charge in [-0.25, -0.2) is 4.79 Å². The first-order valence-electron chi connectivity index (χ1n) is 9.32. The summed E-state index contributed by atoms with van der Waals surface area (Å²) in [6.07, 6.45) is 1.73. The van der Waals surface area contributed by atoms with Crippen LogP contribution in [0.5, 0.6) is 0 Å². The number of amides is 1. The highest BCUT2D eigenvalue weighted by atomic mass is 35.5. The molecule has 2 aromatic rings. The number of ether oxygens (including phenoxy) is 1. The van der Waals surface area contributed by atoms with Crippen LogP contribution in [0.2, 0.25) is 5.02 Å². The maximum absolute atomic E-state index is 12.8. The number of ketones is 2. The third-order valence-corrected chi connectivity index (χ3v) is 5.11. The van der Waals surface area contributed by atoms with E-state index in [1.165, 1.54) is 12.1 Å². The van der Waals surface area contributed by atoms with E-state index in [9.17, 15) is 19.2 Å². The maximum atomic E-state index is 12.8. The number of hydrogen-bond acceptors (Lipinski definition) is 5. The first kappa shape index (κ1) is 20.7. The van der Waals surface area contributed by atoms with Crippen LogP contribution in [0.3, 0.4) is 0 Å². The lowest BCUT2D eigenvalue weighted by Crippen LogP contribution is -2.35. The molecule has 29 heavy (non-hydrogen) atoms. The first-order chi connectivity index (χ1) is 13.8. The molecule has 1 unspecified atom stereocenters. The monoisotopic (exact) mass is 413 g/mol. The Bertz CT molecular complexity index is 1010. The highest BCUT2D eigenvalue weighted by Crippen LogP contribution is 2.34. The Balaban J connectivity index is 1.81. The van der Waals surface area contributed by atoms with Gasteiger partial charge in [0.15, 0.2) is 18.2 Å². The lowest BCUT2D eigenvalue weighted by Gasteiger charge is -2.19. The topological polar surface area (TPSA) is 89.5 Å². The van der Waals surface area contributed by atoms with Gasteiger partial charge in [0, 0.05) is 22.7 Å². The molecule has 1 atom stereocenters. The SMILES string of the molecule is CCCC(C)NC(=O)COC(=O)c1ccc2c(c1Cl)C(=O)c1ccccc1C2=O. The average Bonchev–Trinajstić information content (AvgIpc) is 2.70. The maximum Gasteiger partial charge on any atom is 0.340 e. The Morgan fingerprint density at radius 3 is 2.34 bits per heavy atom. The van der Waals surface area contributed by atoms with Crippen molar-refractivity contribution >= 4 is 35.0 Å². The van der Waals surface area contributed by atoms with Crippen molar-refractivity contribution in [3.63, 3.8) is 0 Å². The van der Waals surface area contributed by atoms with E-state index in [4.69, 9.17) is 16.3 Å². The van der Waals surface area contributed by atoms with E-state index < -0.39 is 24.3 Å². The Labute approximate surface area is 173 Å². The molecule has 0 saturated carbocycles. The van der Waals surface area contributed by atoms with Gasteiger partial charge >= 0.3 is 5.97 Å². The fraction of sp³-hybridized carbons (Fsp3) is 0.273. The van der Waals surface area contributed by atoms with Gasteiger partial charge in [-0.2, -0.15) is 0 Å². The molecular formula is C22H20ClNO5. The van der Waals surface area contributed by atoms with Crippen molar-refractivity contribution in [3.05, 3.63) is 69.2 Å². The normalized spacial score (nSPS) is 13.3. The predicted molar refractivity (Wildman–Crippen MR) is 108 cm³/mol. The Kier molecular flexibility index (Phi) is 6.13. The molecule has 0 bridgehead atoms. The largest absolute Gasteiger partial charge is 0.452 e. The number of halogens is 1. The third kappa shape index (κ3) is 4.07. The molecule has 0 radical (unpaired) electrons. The minimum Gasteiger partial charge on any atom is -0.452 e. The molecule has 0 fully saturated rings. The van der Waals surface area contributed by atoms with Crippen molar-refractivity contribution in [3.8, 4) is 0 Å². The molecule has 1 aliphatic rings. The lowest BCUT2D eigenvalue weighted by molar-refractivity contribution is -0.124. The second-order valence-electron chi connectivity index (χ2n) is 6.89. The molecule has 0 saturated heterocycles. The highest BCUT2D eigenvalue weighted by Gasteiger charge is 2.33. The molecule has 1 N–H and O–H groups in total. The molecule has 6 nitrogen and oxygen atoms in total. The fourth-order valence-electron chi connectivity index (χ4n) is 3.33. The number of nitrogens with one attached hydrogen (secondary N) is 1. The van der Waals surface area contributed by atoms with Crippen molar-refractivity contribution in [2.75, 3.05) is 6.61 Å². The first-order valence-corrected chi connectivity index (χ1v) is 9.70. The number of fused-ring (bicyclic) bond motifs is 2. The van der Waals surface area contributed by atoms with Gasteiger partial charge in [-0.3, -0.25) is 14.4 Å². The third-order valence-electron chi connectivity index (χ3n) is 4.71. The van der Waals surface area contributed by atoms with E-state index >= 15 is 0 Å². The molecule has 1 amide bonds. The van der Waals surface area contributed by atoms with E-state index in [-0.39, 0.29) is 39.1 Å². The zero-order chi connectivity index (χ0) is 21.1. The van der Waals surface area contributed by atoms with Crippen LogP contribution in [0, 0.1) is 0 Å². The number of benzene rings is 2. The van der Waals surface area contributed by atoms with Crippen LogP contribution in [0.1, 0.15) is 68.9 Å². The molecule has 2 aromatic carbocycles. The zero-order valence-electron chi connectivity index (χ0n) is 16.1. The molecule has 0 spiro atoms. The second-order valence-corrected chi connectivity index (χ2v) is 7.26. The molecule has 0 heterocycles. The van der Waals surface area contributed by atoms with E-state index in [1.807, 2.05) is 13.8 Å². The van der Waals surface area contributed by atoms with E-state index in [1.54, 1.807) is 24.3 Å². The zero-order valence-corrected chi connectivity index (χ0v) is 16.8. The summed E-state index contributed by atoms with van der Waals surface area (Å²) in [7, 11) is 0. The van der Waals surface area contributed by atoms with Crippen LogP contribution >= 0.6 is 11.6 Å². The second kappa shape index (κ2) is 8.57. The highest BCUT2D eigenvalue weighted by molar-refractivity contribution is 6.41. The summed E-state index contributed by atoms with van der Waals surface area (Å²) in [6, 6.07) is 9.14. The minimum absolute atomic E-state index is 0.0224. The molecular weight excluding hydrogens is 394 g/mol. The number of carbonyl (C=O) groups excluding carboxylic acids is 4. The summed E-state index contributed by atoms with van der Waals surface area (Å²) in [6.45, 7) is 3.41. The minimum atomic E-state index is -0.838. The quantitative estimate of drug-likeness (QED) is 0.624. The summed E-state index contributed by atoms with van der Waals surface area (Å²) >= 11 is 6.31. The van der Waals surface area contributed by atoms with Gasteiger partial charge in [0.25, 0.3) is 5.91 Å². The van der Waals surface area contributed by atoms with Crippen molar-refractivity contribution < 1.29 is 23.9 Å².